The Morgan fingerprint density at radius 1 is 0.800 bits per heavy atom. The van der Waals surface area contributed by atoms with E-state index >= 15 is 0 Å². The minimum absolute atomic E-state index is 0.594. The van der Waals surface area contributed by atoms with E-state index in [1.54, 1.807) is 13.8 Å². The maximum Gasteiger partial charge on any atom is 0.0849 e. The van der Waals surface area contributed by atoms with Gasteiger partial charge in [0.2, 0.25) is 0 Å². The molecular formula is C18H38O2. The Morgan fingerprint density at radius 2 is 1.30 bits per heavy atom. The first-order valence-corrected chi connectivity index (χ1v) is 8.78. The van der Waals surface area contributed by atoms with Gasteiger partial charge >= 0.3 is 0 Å². The van der Waals surface area contributed by atoms with Crippen molar-refractivity contribution in [2.45, 2.75) is 110 Å². The van der Waals surface area contributed by atoms with Gasteiger partial charge in [0.15, 0.2) is 0 Å². The lowest BCUT2D eigenvalue weighted by Crippen LogP contribution is -2.35. The van der Waals surface area contributed by atoms with Crippen molar-refractivity contribution in [2.24, 2.45) is 5.92 Å². The smallest absolute Gasteiger partial charge is 0.0849 e. The third-order valence-corrected chi connectivity index (χ3v) is 4.30. The predicted octanol–water partition coefficient (Wildman–Crippen LogP) is 5.07. The Hall–Kier alpha value is -0.0800. The second kappa shape index (κ2) is 11.6. The standard InChI is InChI=1S/C18H38O2/c1-5-6-7-8-9-10-11-12-13-16(2)14-15-17(19)18(3,4)20/h16-17,19-20H,5-15H2,1-4H3. The molecule has 0 amide bonds. The third-order valence-electron chi connectivity index (χ3n) is 4.30. The minimum Gasteiger partial charge on any atom is -0.390 e. The summed E-state index contributed by atoms with van der Waals surface area (Å²) in [7, 11) is 0. The van der Waals surface area contributed by atoms with E-state index in [9.17, 15) is 10.2 Å². The average Bonchev–Trinajstić information content (AvgIpc) is 2.37. The van der Waals surface area contributed by atoms with Gasteiger partial charge in [-0.25, -0.2) is 0 Å². The van der Waals surface area contributed by atoms with Crippen LogP contribution in [0.1, 0.15) is 98.3 Å². The molecule has 0 spiro atoms. The molecule has 2 unspecified atom stereocenters. The van der Waals surface area contributed by atoms with Crippen LogP contribution in [0, 0.1) is 5.92 Å². The summed E-state index contributed by atoms with van der Waals surface area (Å²) in [6.07, 6.45) is 13.4. The van der Waals surface area contributed by atoms with Crippen LogP contribution in [0.15, 0.2) is 0 Å². The van der Waals surface area contributed by atoms with E-state index in [1.165, 1.54) is 57.8 Å². The zero-order valence-electron chi connectivity index (χ0n) is 14.3. The molecule has 2 N–H and O–H groups in total. The van der Waals surface area contributed by atoms with Crippen LogP contribution in [0.2, 0.25) is 0 Å². The zero-order chi connectivity index (χ0) is 15.4. The van der Waals surface area contributed by atoms with Crippen molar-refractivity contribution < 1.29 is 10.2 Å². The van der Waals surface area contributed by atoms with Gasteiger partial charge in [-0.3, -0.25) is 0 Å². The van der Waals surface area contributed by atoms with Crippen molar-refractivity contribution in [2.75, 3.05) is 0 Å². The molecule has 0 rings (SSSR count). The highest BCUT2D eigenvalue weighted by atomic mass is 16.3. The topological polar surface area (TPSA) is 40.5 Å². The Bertz CT molecular complexity index is 208. The first kappa shape index (κ1) is 19.9. The summed E-state index contributed by atoms with van der Waals surface area (Å²) in [5.74, 6) is 0.659. The van der Waals surface area contributed by atoms with Crippen LogP contribution in [-0.2, 0) is 0 Å². The summed E-state index contributed by atoms with van der Waals surface area (Å²) >= 11 is 0. The fourth-order valence-electron chi connectivity index (χ4n) is 2.57. The van der Waals surface area contributed by atoms with Crippen LogP contribution in [0.5, 0.6) is 0 Å². The SMILES string of the molecule is CCCCCCCCCCC(C)CCC(O)C(C)(C)O. The molecule has 0 fully saturated rings. The van der Waals surface area contributed by atoms with E-state index < -0.39 is 11.7 Å². The van der Waals surface area contributed by atoms with E-state index in [0.29, 0.717) is 12.3 Å². The number of hydrogen-bond donors (Lipinski definition) is 2. The van der Waals surface area contributed by atoms with Crippen molar-refractivity contribution in [3.05, 3.63) is 0 Å². The van der Waals surface area contributed by atoms with E-state index in [2.05, 4.69) is 13.8 Å². The molecule has 0 aliphatic heterocycles. The minimum atomic E-state index is -0.960. The summed E-state index contributed by atoms with van der Waals surface area (Å²) in [4.78, 5) is 0. The molecule has 0 aromatic carbocycles. The largest absolute Gasteiger partial charge is 0.390 e. The average molecular weight is 286 g/mol. The van der Waals surface area contributed by atoms with Crippen molar-refractivity contribution in [3.8, 4) is 0 Å². The monoisotopic (exact) mass is 286 g/mol. The Balaban J connectivity index is 3.39. The molecule has 20 heavy (non-hydrogen) atoms. The van der Waals surface area contributed by atoms with Crippen molar-refractivity contribution in [1.82, 2.24) is 0 Å². The molecule has 0 aromatic heterocycles. The molecule has 122 valence electrons. The maximum atomic E-state index is 9.80. The molecule has 0 saturated carbocycles. The Kier molecular flexibility index (Phi) is 11.5. The van der Waals surface area contributed by atoms with E-state index in [4.69, 9.17) is 0 Å². The first-order valence-electron chi connectivity index (χ1n) is 8.78. The molecule has 0 saturated heterocycles. The summed E-state index contributed by atoms with van der Waals surface area (Å²) in [5.41, 5.74) is -0.960. The van der Waals surface area contributed by atoms with Gasteiger partial charge in [-0.05, 0) is 32.6 Å². The lowest BCUT2D eigenvalue weighted by Gasteiger charge is -2.25. The second-order valence-electron chi connectivity index (χ2n) is 7.12. The highest BCUT2D eigenvalue weighted by Crippen LogP contribution is 2.20. The highest BCUT2D eigenvalue weighted by molar-refractivity contribution is 4.76. The highest BCUT2D eigenvalue weighted by Gasteiger charge is 2.24. The predicted molar refractivity (Wildman–Crippen MR) is 87.9 cm³/mol. The quantitative estimate of drug-likeness (QED) is 0.464. The molecule has 0 bridgehead atoms. The fourth-order valence-corrected chi connectivity index (χ4v) is 2.57. The molecule has 2 heteroatoms. The van der Waals surface area contributed by atoms with Crippen molar-refractivity contribution in [3.63, 3.8) is 0 Å². The second-order valence-corrected chi connectivity index (χ2v) is 7.12. The third kappa shape index (κ3) is 11.7. The molecule has 2 atom stereocenters. The summed E-state index contributed by atoms with van der Waals surface area (Å²) in [6.45, 7) is 7.89. The van der Waals surface area contributed by atoms with Gasteiger partial charge in [-0.15, -0.1) is 0 Å². The van der Waals surface area contributed by atoms with E-state index in [0.717, 1.165) is 6.42 Å². The molecule has 2 nitrogen and oxygen atoms in total. The van der Waals surface area contributed by atoms with Crippen LogP contribution >= 0.6 is 0 Å². The van der Waals surface area contributed by atoms with Gasteiger partial charge in [0.25, 0.3) is 0 Å². The number of unbranched alkanes of at least 4 members (excludes halogenated alkanes) is 7. The number of hydrogen-bond acceptors (Lipinski definition) is 2. The number of aliphatic hydroxyl groups is 2. The van der Waals surface area contributed by atoms with Crippen molar-refractivity contribution in [1.29, 1.82) is 0 Å². The van der Waals surface area contributed by atoms with Crippen LogP contribution in [0.25, 0.3) is 0 Å². The van der Waals surface area contributed by atoms with E-state index in [1.807, 2.05) is 0 Å². The molecule has 0 aromatic rings. The van der Waals surface area contributed by atoms with Gasteiger partial charge in [0.05, 0.1) is 11.7 Å². The number of rotatable bonds is 13. The Morgan fingerprint density at radius 3 is 1.80 bits per heavy atom. The van der Waals surface area contributed by atoms with Gasteiger partial charge in [0, 0.05) is 0 Å². The van der Waals surface area contributed by atoms with Crippen LogP contribution < -0.4 is 0 Å². The normalized spacial score (nSPS) is 15.3. The summed E-state index contributed by atoms with van der Waals surface area (Å²) in [5, 5.41) is 19.5. The molecular weight excluding hydrogens is 248 g/mol. The van der Waals surface area contributed by atoms with Gasteiger partial charge in [-0.1, -0.05) is 71.6 Å². The molecule has 0 aliphatic rings. The van der Waals surface area contributed by atoms with Gasteiger partial charge < -0.3 is 10.2 Å². The summed E-state index contributed by atoms with van der Waals surface area (Å²) < 4.78 is 0. The van der Waals surface area contributed by atoms with Gasteiger partial charge in [-0.2, -0.15) is 0 Å². The molecule has 0 heterocycles. The summed E-state index contributed by atoms with van der Waals surface area (Å²) in [6, 6.07) is 0. The Labute approximate surface area is 127 Å². The maximum absolute atomic E-state index is 9.80. The molecule has 0 aliphatic carbocycles. The van der Waals surface area contributed by atoms with Crippen LogP contribution in [0.4, 0.5) is 0 Å². The lowest BCUT2D eigenvalue weighted by atomic mass is 9.91. The first-order chi connectivity index (χ1) is 9.38. The van der Waals surface area contributed by atoms with Crippen LogP contribution in [-0.4, -0.2) is 21.9 Å². The van der Waals surface area contributed by atoms with Crippen LogP contribution in [0.3, 0.4) is 0 Å². The van der Waals surface area contributed by atoms with E-state index in [-0.39, 0.29) is 0 Å². The van der Waals surface area contributed by atoms with Crippen molar-refractivity contribution >= 4 is 0 Å². The fraction of sp³-hybridized carbons (Fsp3) is 1.00. The molecule has 0 radical (unpaired) electrons. The lowest BCUT2D eigenvalue weighted by molar-refractivity contribution is -0.0535. The zero-order valence-corrected chi connectivity index (χ0v) is 14.3. The number of aliphatic hydroxyl groups excluding tert-OH is 1. The van der Waals surface area contributed by atoms with Gasteiger partial charge in [0.1, 0.15) is 0 Å².